The van der Waals surface area contributed by atoms with Crippen LogP contribution in [0.2, 0.25) is 0 Å². The summed E-state index contributed by atoms with van der Waals surface area (Å²) in [5.74, 6) is -0.781. The zero-order valence-corrected chi connectivity index (χ0v) is 17.2. The maximum Gasteiger partial charge on any atom is 0.275 e. The van der Waals surface area contributed by atoms with Gasteiger partial charge in [-0.15, -0.1) is 0 Å². The van der Waals surface area contributed by atoms with Crippen LogP contribution in [0.4, 0.5) is 18.9 Å². The second kappa shape index (κ2) is 8.74. The van der Waals surface area contributed by atoms with Crippen molar-refractivity contribution in [2.24, 2.45) is 16.6 Å². The van der Waals surface area contributed by atoms with E-state index in [2.05, 4.69) is 25.0 Å². The second-order valence-electron chi connectivity index (χ2n) is 7.40. The van der Waals surface area contributed by atoms with E-state index in [0.29, 0.717) is 23.0 Å². The topological polar surface area (TPSA) is 102 Å². The zero-order valence-electron chi connectivity index (χ0n) is 16.4. The van der Waals surface area contributed by atoms with E-state index in [1.807, 2.05) is 0 Å². The minimum atomic E-state index is -1.06. The molecule has 1 aliphatic carbocycles. The standard InChI is InChI=1S/C20H20F3N5O2S/c21-10-30-17-8-25-16(7-26-17)18(29)27-13-1-2-15(23)14(6-13)20-4-3-12(22)5-11(20)9-31-19(24)28-20/h1-2,6-8,11-12H,3-5,9-10H2,(H2,24,28)(H,27,29). The highest BCUT2D eigenvalue weighted by Crippen LogP contribution is 2.50. The molecule has 1 aromatic heterocycles. The third-order valence-corrected chi connectivity index (χ3v) is 6.51. The number of rotatable bonds is 5. The summed E-state index contributed by atoms with van der Waals surface area (Å²) >= 11 is 1.34. The molecule has 0 bridgehead atoms. The van der Waals surface area contributed by atoms with Gasteiger partial charge in [0.15, 0.2) is 5.17 Å². The van der Waals surface area contributed by atoms with Gasteiger partial charge >= 0.3 is 0 Å². The first-order valence-electron chi connectivity index (χ1n) is 9.65. The van der Waals surface area contributed by atoms with E-state index in [-0.39, 0.29) is 35.9 Å². The van der Waals surface area contributed by atoms with Crippen molar-refractivity contribution in [1.29, 1.82) is 0 Å². The Kier molecular flexibility index (Phi) is 6.03. The number of amides is 1. The van der Waals surface area contributed by atoms with Gasteiger partial charge in [0.25, 0.3) is 5.91 Å². The Morgan fingerprint density at radius 3 is 2.94 bits per heavy atom. The Bertz CT molecular complexity index is 1010. The molecule has 3 unspecified atom stereocenters. The number of nitrogens with zero attached hydrogens (tertiary/aromatic N) is 3. The number of anilines is 1. The molecule has 0 radical (unpaired) electrons. The molecule has 7 nitrogen and oxygen atoms in total. The van der Waals surface area contributed by atoms with Gasteiger partial charge < -0.3 is 15.8 Å². The zero-order chi connectivity index (χ0) is 22.0. The Balaban J connectivity index is 1.62. The lowest BCUT2D eigenvalue weighted by atomic mass is 9.69. The molecule has 1 fully saturated rings. The number of hydrogen-bond donors (Lipinski definition) is 2. The first-order chi connectivity index (χ1) is 14.9. The van der Waals surface area contributed by atoms with Gasteiger partial charge in [-0.3, -0.25) is 9.79 Å². The van der Waals surface area contributed by atoms with Crippen LogP contribution in [0.3, 0.4) is 0 Å². The molecule has 11 heteroatoms. The summed E-state index contributed by atoms with van der Waals surface area (Å²) in [5, 5.41) is 2.99. The van der Waals surface area contributed by atoms with Crippen molar-refractivity contribution in [2.75, 3.05) is 17.9 Å². The highest BCUT2D eigenvalue weighted by Gasteiger charge is 2.48. The molecule has 1 saturated carbocycles. The van der Waals surface area contributed by atoms with Crippen molar-refractivity contribution >= 4 is 28.5 Å². The predicted molar refractivity (Wildman–Crippen MR) is 111 cm³/mol. The minimum Gasteiger partial charge on any atom is -0.445 e. The molecule has 3 N–H and O–H groups in total. The summed E-state index contributed by atoms with van der Waals surface area (Å²) in [5.41, 5.74) is 5.57. The van der Waals surface area contributed by atoms with Crippen LogP contribution in [0.25, 0.3) is 0 Å². The van der Waals surface area contributed by atoms with E-state index in [4.69, 9.17) is 5.73 Å². The first-order valence-corrected chi connectivity index (χ1v) is 10.6. The van der Waals surface area contributed by atoms with Gasteiger partial charge in [-0.25, -0.2) is 23.1 Å². The molecule has 31 heavy (non-hydrogen) atoms. The monoisotopic (exact) mass is 451 g/mol. The van der Waals surface area contributed by atoms with Gasteiger partial charge in [0.05, 0.1) is 17.9 Å². The number of aromatic nitrogens is 2. The van der Waals surface area contributed by atoms with Crippen LogP contribution < -0.4 is 15.8 Å². The van der Waals surface area contributed by atoms with E-state index in [0.717, 1.165) is 12.4 Å². The Hall–Kier alpha value is -2.82. The van der Waals surface area contributed by atoms with Crippen molar-refractivity contribution < 1.29 is 22.7 Å². The molecule has 0 spiro atoms. The SMILES string of the molecule is NC1=NC2(c3cc(NC(=O)c4cnc(OCF)cn4)ccc3F)CCC(F)CC2CS1. The highest BCUT2D eigenvalue weighted by molar-refractivity contribution is 8.13. The van der Waals surface area contributed by atoms with E-state index < -0.39 is 30.3 Å². The number of amidine groups is 1. The number of halogens is 3. The number of nitrogens with two attached hydrogens (primary N) is 1. The summed E-state index contributed by atoms with van der Waals surface area (Å²) in [7, 11) is 0. The van der Waals surface area contributed by atoms with E-state index in [1.165, 1.54) is 30.0 Å². The van der Waals surface area contributed by atoms with Crippen LogP contribution in [0.15, 0.2) is 35.6 Å². The minimum absolute atomic E-state index is 0.0256. The van der Waals surface area contributed by atoms with Crippen molar-refractivity contribution in [3.63, 3.8) is 0 Å². The quantitative estimate of drug-likeness (QED) is 0.721. The summed E-state index contributed by atoms with van der Waals surface area (Å²) < 4.78 is 45.7. The number of benzene rings is 1. The van der Waals surface area contributed by atoms with E-state index in [9.17, 15) is 18.0 Å². The van der Waals surface area contributed by atoms with Gasteiger partial charge in [0, 0.05) is 22.9 Å². The van der Waals surface area contributed by atoms with Crippen LogP contribution >= 0.6 is 11.8 Å². The van der Waals surface area contributed by atoms with E-state index in [1.54, 1.807) is 0 Å². The Morgan fingerprint density at radius 2 is 2.19 bits per heavy atom. The first kappa shape index (κ1) is 21.4. The molecule has 2 heterocycles. The largest absolute Gasteiger partial charge is 0.445 e. The normalized spacial score (nSPS) is 25.3. The summed E-state index contributed by atoms with van der Waals surface area (Å²) in [4.78, 5) is 24.8. The average Bonchev–Trinajstić information content (AvgIpc) is 2.76. The van der Waals surface area contributed by atoms with Crippen LogP contribution in [0.1, 0.15) is 35.3 Å². The van der Waals surface area contributed by atoms with Gasteiger partial charge in [-0.2, -0.15) is 0 Å². The highest BCUT2D eigenvalue weighted by atomic mass is 32.2. The van der Waals surface area contributed by atoms with Gasteiger partial charge in [-0.1, -0.05) is 11.8 Å². The number of fused-ring (bicyclic) bond motifs is 1. The third-order valence-electron chi connectivity index (χ3n) is 5.55. The Labute approximate surface area is 180 Å². The summed E-state index contributed by atoms with van der Waals surface area (Å²) in [6.07, 6.45) is 2.18. The molecular weight excluding hydrogens is 431 g/mol. The third kappa shape index (κ3) is 4.32. The molecular formula is C20H20F3N5O2S. The fourth-order valence-corrected chi connectivity index (χ4v) is 5.09. The molecule has 3 atom stereocenters. The van der Waals surface area contributed by atoms with Crippen molar-refractivity contribution in [3.05, 3.63) is 47.7 Å². The number of thioether (sulfide) groups is 1. The number of hydrogen-bond acceptors (Lipinski definition) is 7. The van der Waals surface area contributed by atoms with Gasteiger partial charge in [0.2, 0.25) is 12.7 Å². The molecule has 164 valence electrons. The van der Waals surface area contributed by atoms with Gasteiger partial charge in [0.1, 0.15) is 17.7 Å². The van der Waals surface area contributed by atoms with Crippen molar-refractivity contribution in [1.82, 2.24) is 9.97 Å². The Morgan fingerprint density at radius 1 is 1.35 bits per heavy atom. The second-order valence-corrected chi connectivity index (χ2v) is 8.44. The molecule has 1 aliphatic heterocycles. The smallest absolute Gasteiger partial charge is 0.275 e. The van der Waals surface area contributed by atoms with Crippen molar-refractivity contribution in [3.8, 4) is 5.88 Å². The molecule has 4 rings (SSSR count). The molecule has 1 aromatic carbocycles. The average molecular weight is 451 g/mol. The lowest BCUT2D eigenvalue weighted by molar-refractivity contribution is 0.102. The van der Waals surface area contributed by atoms with Crippen molar-refractivity contribution in [2.45, 2.75) is 31.0 Å². The number of carbonyl (C=O) groups is 1. The fraction of sp³-hybridized carbons (Fsp3) is 0.400. The van der Waals surface area contributed by atoms with Crippen LogP contribution in [0, 0.1) is 11.7 Å². The number of alkyl halides is 2. The summed E-state index contributed by atoms with van der Waals surface area (Å²) in [6.45, 7) is -1.06. The lowest BCUT2D eigenvalue weighted by Gasteiger charge is -2.45. The number of ether oxygens (including phenoxy) is 1. The van der Waals surface area contributed by atoms with Gasteiger partial charge in [-0.05, 0) is 37.5 Å². The molecule has 2 aliphatic rings. The van der Waals surface area contributed by atoms with Crippen LogP contribution in [-0.4, -0.2) is 39.8 Å². The van der Waals surface area contributed by atoms with Crippen LogP contribution in [-0.2, 0) is 5.54 Å². The maximum absolute atomic E-state index is 14.9. The van der Waals surface area contributed by atoms with E-state index >= 15 is 0 Å². The molecule has 1 amide bonds. The number of nitrogens with one attached hydrogen (secondary N) is 1. The fourth-order valence-electron chi connectivity index (χ4n) is 4.08. The van der Waals surface area contributed by atoms with Crippen LogP contribution in [0.5, 0.6) is 5.88 Å². The maximum atomic E-state index is 14.9. The number of aliphatic imine (C=N–C) groups is 1. The molecule has 0 saturated heterocycles. The number of carbonyl (C=O) groups excluding carboxylic acids is 1. The predicted octanol–water partition coefficient (Wildman–Crippen LogP) is 3.57. The summed E-state index contributed by atoms with van der Waals surface area (Å²) in [6, 6.07) is 4.18. The lowest BCUT2D eigenvalue weighted by Crippen LogP contribution is -2.45. The molecule has 2 aromatic rings.